The molecular formula is C24H17ClN6O7S. The van der Waals surface area contributed by atoms with E-state index < -0.39 is 23.2 Å². The van der Waals surface area contributed by atoms with Crippen LogP contribution in [0.3, 0.4) is 0 Å². The molecule has 5 aromatic heterocycles. The minimum absolute atomic E-state index is 0.0109. The van der Waals surface area contributed by atoms with Crippen molar-refractivity contribution in [1.29, 1.82) is 0 Å². The van der Waals surface area contributed by atoms with Gasteiger partial charge in [0.05, 0.1) is 35.8 Å². The largest absolute Gasteiger partial charge is 0.465 e. The molecule has 0 aliphatic carbocycles. The number of hydrogen-bond donors (Lipinski definition) is 1. The van der Waals surface area contributed by atoms with E-state index >= 15 is 0 Å². The van der Waals surface area contributed by atoms with Gasteiger partial charge in [-0.3, -0.25) is 14.4 Å². The summed E-state index contributed by atoms with van der Waals surface area (Å²) in [7, 11) is 1.16. The minimum atomic E-state index is -0.808. The molecule has 0 amide bonds. The number of carbonyl (C=O) groups is 3. The van der Waals surface area contributed by atoms with E-state index in [1.807, 2.05) is 6.07 Å². The molecule has 5 rings (SSSR count). The zero-order valence-electron chi connectivity index (χ0n) is 20.0. The number of ether oxygens (including phenoxy) is 1. The third kappa shape index (κ3) is 5.42. The molecule has 1 N–H and O–H groups in total. The lowest BCUT2D eigenvalue weighted by molar-refractivity contribution is 0.0601. The van der Waals surface area contributed by atoms with E-state index in [1.54, 1.807) is 6.07 Å². The zero-order chi connectivity index (χ0) is 27.5. The number of aromatic nitrogens is 5. The number of carbonyl (C=O) groups excluding carboxylic acids is 3. The molecular weight excluding hydrogens is 552 g/mol. The number of hydrogen-bond acceptors (Lipinski definition) is 12. The van der Waals surface area contributed by atoms with E-state index in [0.29, 0.717) is 10.9 Å². The van der Waals surface area contributed by atoms with E-state index in [2.05, 4.69) is 20.4 Å². The first kappa shape index (κ1) is 25.8. The summed E-state index contributed by atoms with van der Waals surface area (Å²) in [5.41, 5.74) is -0.443. The molecule has 0 fully saturated rings. The lowest BCUT2D eigenvalue weighted by atomic mass is 10.1. The number of methoxy groups -OCH3 is 1. The van der Waals surface area contributed by atoms with E-state index in [0.717, 1.165) is 46.4 Å². The number of ketones is 1. The highest BCUT2D eigenvalue weighted by Gasteiger charge is 2.24. The number of rotatable bonds is 9. The van der Waals surface area contributed by atoms with Gasteiger partial charge in [-0.1, -0.05) is 11.6 Å². The Kier molecular flexibility index (Phi) is 7.21. The zero-order valence-corrected chi connectivity index (χ0v) is 21.6. The van der Waals surface area contributed by atoms with Gasteiger partial charge in [0, 0.05) is 28.8 Å². The number of anilines is 1. The first-order chi connectivity index (χ1) is 18.8. The monoisotopic (exact) mass is 568 g/mol. The number of thiophene rings is 1. The molecule has 13 nitrogen and oxygen atoms in total. The second-order valence-corrected chi connectivity index (χ2v) is 9.72. The minimum Gasteiger partial charge on any atom is -0.465 e. The summed E-state index contributed by atoms with van der Waals surface area (Å²) in [4.78, 5) is 59.7. The van der Waals surface area contributed by atoms with Crippen LogP contribution in [0, 0.1) is 0 Å². The van der Waals surface area contributed by atoms with Gasteiger partial charge >= 0.3 is 11.9 Å². The molecule has 5 aromatic rings. The molecule has 5 heterocycles. The normalized spacial score (nSPS) is 10.9. The summed E-state index contributed by atoms with van der Waals surface area (Å²) in [6.07, 6.45) is 5.83. The van der Waals surface area contributed by atoms with Crippen LogP contribution in [0.15, 0.2) is 69.4 Å². The number of oxazole rings is 2. The standard InChI is InChI=1S/C24H17ClN6O7S/c1-36-24(35)14-4-22(33)30(8-19(32)17-9-37-11-27-17)7-15(14)16-5-21(26-6-13-2-3-20(25)39-13)31(29-16)23(34)18-10-38-12-28-18/h2-5,7,9-12,26H,6,8H2,1H3. The van der Waals surface area contributed by atoms with Crippen LogP contribution in [0.25, 0.3) is 11.3 Å². The van der Waals surface area contributed by atoms with Crippen molar-refractivity contribution in [1.82, 2.24) is 24.3 Å². The smallest absolute Gasteiger partial charge is 0.338 e. The molecule has 0 spiro atoms. The van der Waals surface area contributed by atoms with Gasteiger partial charge in [0.2, 0.25) is 5.78 Å². The van der Waals surface area contributed by atoms with Crippen LogP contribution in [0.5, 0.6) is 0 Å². The Morgan fingerprint density at radius 2 is 1.85 bits per heavy atom. The molecule has 0 aliphatic heterocycles. The highest BCUT2D eigenvalue weighted by Crippen LogP contribution is 2.28. The van der Waals surface area contributed by atoms with Gasteiger partial charge in [0.1, 0.15) is 24.0 Å². The van der Waals surface area contributed by atoms with Gasteiger partial charge in [-0.15, -0.1) is 11.3 Å². The van der Waals surface area contributed by atoms with Crippen molar-refractivity contribution < 1.29 is 28.0 Å². The van der Waals surface area contributed by atoms with Crippen LogP contribution in [0.2, 0.25) is 4.34 Å². The van der Waals surface area contributed by atoms with E-state index in [1.165, 1.54) is 29.9 Å². The summed E-state index contributed by atoms with van der Waals surface area (Å²) >= 11 is 7.39. The van der Waals surface area contributed by atoms with Crippen LogP contribution in [0.4, 0.5) is 5.82 Å². The molecule has 0 aliphatic rings. The van der Waals surface area contributed by atoms with Gasteiger partial charge < -0.3 is 23.5 Å². The highest BCUT2D eigenvalue weighted by molar-refractivity contribution is 7.16. The number of halogens is 1. The predicted octanol–water partition coefficient (Wildman–Crippen LogP) is 3.37. The van der Waals surface area contributed by atoms with Gasteiger partial charge in [0.25, 0.3) is 5.56 Å². The first-order valence-corrected chi connectivity index (χ1v) is 12.3. The Balaban J connectivity index is 1.58. The van der Waals surface area contributed by atoms with E-state index in [9.17, 15) is 19.2 Å². The third-order valence-electron chi connectivity index (χ3n) is 5.46. The Morgan fingerprint density at radius 3 is 2.49 bits per heavy atom. The van der Waals surface area contributed by atoms with Crippen molar-refractivity contribution in [2.24, 2.45) is 0 Å². The van der Waals surface area contributed by atoms with Crippen molar-refractivity contribution >= 4 is 46.4 Å². The number of nitrogens with one attached hydrogen (secondary N) is 1. The molecule has 0 saturated heterocycles. The fraction of sp³-hybridized carbons (Fsp3) is 0.125. The van der Waals surface area contributed by atoms with Crippen LogP contribution in [-0.4, -0.2) is 49.1 Å². The van der Waals surface area contributed by atoms with Crippen molar-refractivity contribution in [2.75, 3.05) is 12.4 Å². The summed E-state index contributed by atoms with van der Waals surface area (Å²) < 4.78 is 17.4. The number of Topliss-reactive ketones (excluding diaryl/α,β-unsaturated/α-hetero) is 1. The quantitative estimate of drug-likeness (QED) is 0.205. The maximum Gasteiger partial charge on any atom is 0.338 e. The highest BCUT2D eigenvalue weighted by atomic mass is 35.5. The molecule has 0 radical (unpaired) electrons. The average molecular weight is 569 g/mol. The lowest BCUT2D eigenvalue weighted by Crippen LogP contribution is -2.25. The van der Waals surface area contributed by atoms with Crippen LogP contribution in [-0.2, 0) is 17.8 Å². The molecule has 15 heteroatoms. The van der Waals surface area contributed by atoms with Crippen LogP contribution in [0.1, 0.15) is 36.2 Å². The van der Waals surface area contributed by atoms with Gasteiger partial charge in [-0.25, -0.2) is 14.8 Å². The van der Waals surface area contributed by atoms with Crippen molar-refractivity contribution in [3.05, 3.63) is 92.3 Å². The Labute approximate surface area is 227 Å². The summed E-state index contributed by atoms with van der Waals surface area (Å²) in [6.45, 7) is -0.0766. The Bertz CT molecular complexity index is 1720. The second kappa shape index (κ2) is 10.9. The number of nitrogens with zero attached hydrogens (tertiary/aromatic N) is 5. The van der Waals surface area contributed by atoms with Gasteiger partial charge in [-0.05, 0) is 12.1 Å². The van der Waals surface area contributed by atoms with Crippen molar-refractivity contribution in [3.63, 3.8) is 0 Å². The lowest BCUT2D eigenvalue weighted by Gasteiger charge is -2.10. The van der Waals surface area contributed by atoms with Crippen molar-refractivity contribution in [2.45, 2.75) is 13.1 Å². The molecule has 0 saturated carbocycles. The predicted molar refractivity (Wildman–Crippen MR) is 137 cm³/mol. The molecule has 198 valence electrons. The second-order valence-electron chi connectivity index (χ2n) is 7.92. The number of pyridine rings is 1. The Hall–Kier alpha value is -4.82. The van der Waals surface area contributed by atoms with Gasteiger partial charge in [-0.2, -0.15) is 9.78 Å². The topological polar surface area (TPSA) is 164 Å². The van der Waals surface area contributed by atoms with Gasteiger partial charge in [0.15, 0.2) is 18.5 Å². The van der Waals surface area contributed by atoms with Crippen molar-refractivity contribution in [3.8, 4) is 11.3 Å². The summed E-state index contributed by atoms with van der Waals surface area (Å²) in [5, 5.41) is 7.53. The fourth-order valence-corrected chi connectivity index (χ4v) is 4.64. The Morgan fingerprint density at radius 1 is 1.10 bits per heavy atom. The van der Waals surface area contributed by atoms with Crippen LogP contribution < -0.4 is 10.9 Å². The number of esters is 1. The molecule has 39 heavy (non-hydrogen) atoms. The third-order valence-corrected chi connectivity index (χ3v) is 6.70. The summed E-state index contributed by atoms with van der Waals surface area (Å²) in [6, 6.07) is 6.14. The average Bonchev–Trinajstić information content (AvgIpc) is 3.74. The maximum atomic E-state index is 13.2. The molecule has 0 aromatic carbocycles. The fourth-order valence-electron chi connectivity index (χ4n) is 3.61. The summed E-state index contributed by atoms with van der Waals surface area (Å²) in [5.74, 6) is -1.66. The SMILES string of the molecule is COC(=O)c1cc(=O)n(CC(=O)c2cocn2)cc1-c1cc(NCc2ccc(Cl)s2)n(C(=O)c2cocn2)n1. The van der Waals surface area contributed by atoms with E-state index in [-0.39, 0.29) is 40.6 Å². The molecule has 0 unspecified atom stereocenters. The first-order valence-electron chi connectivity index (χ1n) is 11.1. The molecule has 0 bridgehead atoms. The molecule has 0 atom stereocenters. The van der Waals surface area contributed by atoms with Crippen LogP contribution >= 0.6 is 22.9 Å². The van der Waals surface area contributed by atoms with E-state index in [4.69, 9.17) is 25.2 Å². The maximum absolute atomic E-state index is 13.2.